The zero-order valence-electron chi connectivity index (χ0n) is 42.0. The molecule has 1 fully saturated rings. The van der Waals surface area contributed by atoms with Gasteiger partial charge >= 0.3 is 0 Å². The van der Waals surface area contributed by atoms with Crippen LogP contribution in [0.5, 0.6) is 0 Å². The van der Waals surface area contributed by atoms with Gasteiger partial charge < -0.3 is 40.3 Å². The summed E-state index contributed by atoms with van der Waals surface area (Å²) in [6, 6.07) is -0.831. The van der Waals surface area contributed by atoms with Crippen molar-refractivity contribution in [2.24, 2.45) is 0 Å². The molecular weight excluding hydrogens is 815 g/mol. The van der Waals surface area contributed by atoms with Crippen molar-refractivity contribution in [3.63, 3.8) is 0 Å². The zero-order chi connectivity index (χ0) is 47.3. The van der Waals surface area contributed by atoms with E-state index < -0.39 is 49.5 Å². The van der Waals surface area contributed by atoms with Crippen molar-refractivity contribution in [1.82, 2.24) is 5.32 Å². The van der Waals surface area contributed by atoms with E-state index in [0.717, 1.165) is 57.8 Å². The lowest BCUT2D eigenvalue weighted by Gasteiger charge is -2.40. The predicted octanol–water partition coefficient (Wildman–Crippen LogP) is 13.0. The van der Waals surface area contributed by atoms with Gasteiger partial charge in [-0.05, 0) is 70.6 Å². The monoisotopic (exact) mass is 918 g/mol. The molecule has 1 aliphatic rings. The summed E-state index contributed by atoms with van der Waals surface area (Å²) < 4.78 is 11.2. The zero-order valence-corrected chi connectivity index (χ0v) is 42.0. The number of carbonyl (C=O) groups is 1. The van der Waals surface area contributed by atoms with Crippen LogP contribution in [0.3, 0.4) is 0 Å². The summed E-state index contributed by atoms with van der Waals surface area (Å²) >= 11 is 0. The maximum Gasteiger partial charge on any atom is 0.220 e. The van der Waals surface area contributed by atoms with E-state index in [9.17, 15) is 30.3 Å². The Morgan fingerprint density at radius 3 is 1.29 bits per heavy atom. The minimum absolute atomic E-state index is 0.195. The minimum atomic E-state index is -1.58. The maximum atomic E-state index is 13.0. The lowest BCUT2D eigenvalue weighted by molar-refractivity contribution is -0.302. The molecule has 0 aromatic heterocycles. The van der Waals surface area contributed by atoms with Crippen LogP contribution in [0.4, 0.5) is 0 Å². The van der Waals surface area contributed by atoms with Crippen LogP contribution in [0, 0.1) is 0 Å². The number of nitrogens with one attached hydrogen (secondary N) is 1. The maximum absolute atomic E-state index is 13.0. The molecule has 0 aliphatic carbocycles. The van der Waals surface area contributed by atoms with E-state index in [0.29, 0.717) is 6.42 Å². The number of hydrogen-bond acceptors (Lipinski definition) is 8. The molecule has 9 nitrogen and oxygen atoms in total. The van der Waals surface area contributed by atoms with E-state index in [-0.39, 0.29) is 12.5 Å². The standard InChI is InChI=1S/C56H103NO8/c1-3-5-7-9-11-13-15-17-19-21-22-23-24-25-26-27-28-30-31-33-35-37-39-41-43-45-50(59)49(48-64-56-55(63)54(62)53(61)51(47-58)65-56)57-52(60)46-44-42-40-38-36-34-32-29-20-18-16-14-12-10-8-6-4-2/h18,20,28,30,35,37,43,45,49-51,53-56,58-59,61-63H,3-17,19,21-27,29,31-34,36,38-42,44,46-48H2,1-2H3,(H,57,60)/b20-18-,30-28+,37-35+,45-43+. The highest BCUT2D eigenvalue weighted by Crippen LogP contribution is 2.23. The molecule has 1 aliphatic heterocycles. The summed E-state index contributed by atoms with van der Waals surface area (Å²) in [5.41, 5.74) is 0. The van der Waals surface area contributed by atoms with Gasteiger partial charge in [-0.1, -0.05) is 217 Å². The van der Waals surface area contributed by atoms with Crippen molar-refractivity contribution in [2.75, 3.05) is 13.2 Å². The molecule has 7 unspecified atom stereocenters. The number of amides is 1. The van der Waals surface area contributed by atoms with Crippen LogP contribution >= 0.6 is 0 Å². The Balaban J connectivity index is 2.30. The fourth-order valence-corrected chi connectivity index (χ4v) is 8.48. The fourth-order valence-electron chi connectivity index (χ4n) is 8.48. The van der Waals surface area contributed by atoms with E-state index in [1.54, 1.807) is 6.08 Å². The lowest BCUT2D eigenvalue weighted by atomic mass is 9.99. The third-order valence-corrected chi connectivity index (χ3v) is 12.9. The van der Waals surface area contributed by atoms with E-state index in [2.05, 4.69) is 55.6 Å². The largest absolute Gasteiger partial charge is 0.394 e. The van der Waals surface area contributed by atoms with E-state index >= 15 is 0 Å². The Kier molecular flexibility index (Phi) is 43.2. The van der Waals surface area contributed by atoms with Gasteiger partial charge in [-0.3, -0.25) is 4.79 Å². The highest BCUT2D eigenvalue weighted by Gasteiger charge is 2.44. The van der Waals surface area contributed by atoms with Gasteiger partial charge in [0.25, 0.3) is 0 Å². The molecule has 1 saturated heterocycles. The second-order valence-corrected chi connectivity index (χ2v) is 19.0. The molecule has 0 aromatic rings. The fraction of sp³-hybridized carbons (Fsp3) is 0.839. The Morgan fingerprint density at radius 1 is 0.508 bits per heavy atom. The quantitative estimate of drug-likeness (QED) is 0.0261. The number of hydrogen-bond donors (Lipinski definition) is 6. The first-order valence-corrected chi connectivity index (χ1v) is 27.4. The number of rotatable bonds is 46. The van der Waals surface area contributed by atoms with Gasteiger partial charge in [-0.25, -0.2) is 0 Å². The van der Waals surface area contributed by atoms with Crippen molar-refractivity contribution in [1.29, 1.82) is 0 Å². The average Bonchev–Trinajstić information content (AvgIpc) is 3.31. The van der Waals surface area contributed by atoms with Crippen molar-refractivity contribution in [3.05, 3.63) is 48.6 Å². The smallest absolute Gasteiger partial charge is 0.220 e. The molecule has 0 saturated carbocycles. The first kappa shape index (κ1) is 61.2. The van der Waals surface area contributed by atoms with Crippen molar-refractivity contribution in [2.45, 2.75) is 288 Å². The number of aliphatic hydroxyl groups is 5. The Labute approximate surface area is 399 Å². The third kappa shape index (κ3) is 35.9. The summed E-state index contributed by atoms with van der Waals surface area (Å²) in [6.45, 7) is 3.76. The van der Waals surface area contributed by atoms with Gasteiger partial charge in [0.05, 0.1) is 25.4 Å². The SMILES string of the molecule is CCCCCCCC/C=C\CCCCCCCCCC(=O)NC(COC1OC(CO)C(O)C(O)C1O)C(O)/C=C/CC/C=C/CC/C=C/CCCCCCCCCCCCCCCCC. The molecule has 65 heavy (non-hydrogen) atoms. The highest BCUT2D eigenvalue weighted by molar-refractivity contribution is 5.76. The van der Waals surface area contributed by atoms with Crippen molar-refractivity contribution >= 4 is 5.91 Å². The van der Waals surface area contributed by atoms with E-state index in [1.807, 2.05) is 6.08 Å². The summed E-state index contributed by atoms with van der Waals surface area (Å²) in [5.74, 6) is -0.195. The van der Waals surface area contributed by atoms with E-state index in [4.69, 9.17) is 9.47 Å². The lowest BCUT2D eigenvalue weighted by Crippen LogP contribution is -2.60. The number of carbonyl (C=O) groups excluding carboxylic acids is 1. The van der Waals surface area contributed by atoms with Gasteiger partial charge in [-0.2, -0.15) is 0 Å². The van der Waals surface area contributed by atoms with Crippen LogP contribution in [0.1, 0.15) is 245 Å². The predicted molar refractivity (Wildman–Crippen MR) is 272 cm³/mol. The van der Waals surface area contributed by atoms with Gasteiger partial charge in [0, 0.05) is 6.42 Å². The number of allylic oxidation sites excluding steroid dienone is 7. The average molecular weight is 918 g/mol. The van der Waals surface area contributed by atoms with E-state index in [1.165, 1.54) is 167 Å². The summed E-state index contributed by atoms with van der Waals surface area (Å²) in [4.78, 5) is 13.0. The Hall–Kier alpha value is -1.85. The van der Waals surface area contributed by atoms with Crippen LogP contribution < -0.4 is 5.32 Å². The summed E-state index contributed by atoms with van der Waals surface area (Å²) in [7, 11) is 0. The first-order valence-electron chi connectivity index (χ1n) is 27.4. The van der Waals surface area contributed by atoms with Crippen molar-refractivity contribution in [3.8, 4) is 0 Å². The number of unbranched alkanes of at least 4 members (excludes halogenated alkanes) is 30. The normalized spacial score (nSPS) is 20.3. The summed E-state index contributed by atoms with van der Waals surface area (Å²) in [5, 5.41) is 54.4. The molecule has 0 spiro atoms. The van der Waals surface area contributed by atoms with Crippen LogP contribution in [-0.4, -0.2) is 87.5 Å². The molecule has 0 radical (unpaired) electrons. The second kappa shape index (κ2) is 45.9. The molecule has 380 valence electrons. The number of ether oxygens (including phenoxy) is 2. The molecule has 1 amide bonds. The third-order valence-electron chi connectivity index (χ3n) is 12.9. The van der Waals surface area contributed by atoms with Gasteiger partial charge in [0.15, 0.2) is 6.29 Å². The summed E-state index contributed by atoms with van der Waals surface area (Å²) in [6.07, 6.45) is 53.1. The Morgan fingerprint density at radius 2 is 0.877 bits per heavy atom. The molecular formula is C56H103NO8. The number of aliphatic hydroxyl groups excluding tert-OH is 5. The molecule has 7 atom stereocenters. The van der Waals surface area contributed by atoms with Gasteiger partial charge in [0.1, 0.15) is 24.4 Å². The molecule has 6 N–H and O–H groups in total. The van der Waals surface area contributed by atoms with Crippen LogP contribution in [-0.2, 0) is 14.3 Å². The molecule has 0 aromatic carbocycles. The van der Waals surface area contributed by atoms with Crippen molar-refractivity contribution < 1.29 is 39.8 Å². The van der Waals surface area contributed by atoms with Crippen LogP contribution in [0.15, 0.2) is 48.6 Å². The van der Waals surface area contributed by atoms with Crippen LogP contribution in [0.2, 0.25) is 0 Å². The molecule has 9 heteroatoms. The molecule has 1 rings (SSSR count). The highest BCUT2D eigenvalue weighted by atomic mass is 16.7. The van der Waals surface area contributed by atoms with Crippen LogP contribution in [0.25, 0.3) is 0 Å². The molecule has 1 heterocycles. The topological polar surface area (TPSA) is 149 Å². The Bertz CT molecular complexity index is 1160. The van der Waals surface area contributed by atoms with Gasteiger partial charge in [0.2, 0.25) is 5.91 Å². The minimum Gasteiger partial charge on any atom is -0.394 e. The molecule has 0 bridgehead atoms. The first-order chi connectivity index (χ1) is 31.8. The second-order valence-electron chi connectivity index (χ2n) is 19.0. The van der Waals surface area contributed by atoms with Gasteiger partial charge in [-0.15, -0.1) is 0 Å².